The first-order valence-electron chi connectivity index (χ1n) is 10.4. The summed E-state index contributed by atoms with van der Waals surface area (Å²) in [6.07, 6.45) is 5.98. The lowest BCUT2D eigenvalue weighted by Gasteiger charge is -2.36. The summed E-state index contributed by atoms with van der Waals surface area (Å²) in [7, 11) is 2.07. The van der Waals surface area contributed by atoms with Crippen molar-refractivity contribution in [2.75, 3.05) is 39.8 Å². The number of carbonyl (C=O) groups excluding carboxylic acids is 2. The van der Waals surface area contributed by atoms with Crippen molar-refractivity contribution in [3.63, 3.8) is 0 Å². The van der Waals surface area contributed by atoms with Crippen LogP contribution in [-0.2, 0) is 9.59 Å². The van der Waals surface area contributed by atoms with Gasteiger partial charge in [0, 0.05) is 38.1 Å². The number of carbonyl (C=O) groups is 2. The smallest absolute Gasteiger partial charge is 0.236 e. The number of rotatable bonds is 5. The number of benzene rings is 1. The zero-order valence-electron chi connectivity index (χ0n) is 16.3. The number of piperazine rings is 1. The van der Waals surface area contributed by atoms with Crippen molar-refractivity contribution >= 4 is 11.8 Å². The van der Waals surface area contributed by atoms with Gasteiger partial charge in [0.1, 0.15) is 0 Å². The van der Waals surface area contributed by atoms with Crippen LogP contribution >= 0.6 is 0 Å². The predicted octanol–water partition coefficient (Wildman–Crippen LogP) is 2.34. The molecule has 0 aromatic heterocycles. The van der Waals surface area contributed by atoms with E-state index in [0.29, 0.717) is 44.7 Å². The second-order valence-corrected chi connectivity index (χ2v) is 8.42. The van der Waals surface area contributed by atoms with Crippen LogP contribution < -0.4 is 0 Å². The third-order valence-corrected chi connectivity index (χ3v) is 6.61. The minimum atomic E-state index is 0.142. The minimum absolute atomic E-state index is 0.142. The average Bonchev–Trinajstić information content (AvgIpc) is 3.31. The Hall–Kier alpha value is -1.88. The molecule has 2 saturated carbocycles. The van der Waals surface area contributed by atoms with Gasteiger partial charge in [-0.2, -0.15) is 0 Å². The van der Waals surface area contributed by atoms with Crippen LogP contribution in [0.15, 0.2) is 30.3 Å². The fraction of sp³-hybridized carbons (Fsp3) is 0.636. The van der Waals surface area contributed by atoms with Crippen molar-refractivity contribution in [2.45, 2.75) is 44.1 Å². The summed E-state index contributed by atoms with van der Waals surface area (Å²) in [5, 5.41) is 0. The molecule has 3 fully saturated rings. The summed E-state index contributed by atoms with van der Waals surface area (Å²) in [5.74, 6) is 1.02. The fourth-order valence-electron chi connectivity index (χ4n) is 4.73. The second kappa shape index (κ2) is 8.01. The summed E-state index contributed by atoms with van der Waals surface area (Å²) in [5.41, 5.74) is 1.28. The maximum Gasteiger partial charge on any atom is 0.236 e. The van der Waals surface area contributed by atoms with E-state index in [1.54, 1.807) is 0 Å². The SMILES string of the molecule is CN(CC(=O)N1CCN(C(=O)C2CC2c2ccccc2)CC1)C1CCCC1. The van der Waals surface area contributed by atoms with E-state index in [1.165, 1.54) is 31.2 Å². The first-order valence-corrected chi connectivity index (χ1v) is 10.4. The van der Waals surface area contributed by atoms with Crippen molar-refractivity contribution in [1.82, 2.24) is 14.7 Å². The molecule has 1 saturated heterocycles. The zero-order valence-corrected chi connectivity index (χ0v) is 16.3. The monoisotopic (exact) mass is 369 g/mol. The third-order valence-electron chi connectivity index (χ3n) is 6.61. The van der Waals surface area contributed by atoms with Crippen LogP contribution in [0, 0.1) is 5.92 Å². The number of hydrogen-bond acceptors (Lipinski definition) is 3. The van der Waals surface area contributed by atoms with Crippen LogP contribution in [0.1, 0.15) is 43.6 Å². The van der Waals surface area contributed by atoms with Crippen molar-refractivity contribution in [3.05, 3.63) is 35.9 Å². The molecule has 0 bridgehead atoms. The standard InChI is InChI=1S/C22H31N3O2/c1-23(18-9-5-6-10-18)16-21(26)24-11-13-25(14-12-24)22(27)20-15-19(20)17-7-3-2-4-8-17/h2-4,7-8,18-20H,5-6,9-16H2,1H3. The van der Waals surface area contributed by atoms with E-state index in [-0.39, 0.29) is 17.7 Å². The van der Waals surface area contributed by atoms with Gasteiger partial charge in [0.2, 0.25) is 11.8 Å². The normalized spacial score (nSPS) is 25.9. The molecule has 2 atom stereocenters. The van der Waals surface area contributed by atoms with Crippen LogP contribution in [0.25, 0.3) is 0 Å². The van der Waals surface area contributed by atoms with E-state index >= 15 is 0 Å². The molecule has 1 heterocycles. The maximum absolute atomic E-state index is 12.8. The zero-order chi connectivity index (χ0) is 18.8. The van der Waals surface area contributed by atoms with Crippen molar-refractivity contribution in [3.8, 4) is 0 Å². The van der Waals surface area contributed by atoms with E-state index in [1.807, 2.05) is 28.0 Å². The van der Waals surface area contributed by atoms with Gasteiger partial charge in [0.05, 0.1) is 6.54 Å². The van der Waals surface area contributed by atoms with Crippen LogP contribution in [0.4, 0.5) is 0 Å². The van der Waals surface area contributed by atoms with E-state index in [9.17, 15) is 9.59 Å². The number of amides is 2. The van der Waals surface area contributed by atoms with Gasteiger partial charge < -0.3 is 9.80 Å². The summed E-state index contributed by atoms with van der Waals surface area (Å²) in [4.78, 5) is 31.5. The molecule has 3 aliphatic rings. The molecule has 4 rings (SSSR count). The highest BCUT2D eigenvalue weighted by molar-refractivity contribution is 5.84. The topological polar surface area (TPSA) is 43.9 Å². The molecule has 1 aliphatic heterocycles. The highest BCUT2D eigenvalue weighted by atomic mass is 16.2. The van der Waals surface area contributed by atoms with E-state index in [2.05, 4.69) is 24.1 Å². The van der Waals surface area contributed by atoms with E-state index < -0.39 is 0 Å². The molecule has 146 valence electrons. The van der Waals surface area contributed by atoms with E-state index in [4.69, 9.17) is 0 Å². The van der Waals surface area contributed by atoms with Crippen LogP contribution in [-0.4, -0.2) is 72.3 Å². The number of nitrogens with zero attached hydrogens (tertiary/aromatic N) is 3. The molecule has 2 aliphatic carbocycles. The van der Waals surface area contributed by atoms with Crippen LogP contribution in [0.5, 0.6) is 0 Å². The molecule has 2 amide bonds. The van der Waals surface area contributed by atoms with Gasteiger partial charge in [-0.3, -0.25) is 14.5 Å². The van der Waals surface area contributed by atoms with Gasteiger partial charge in [-0.25, -0.2) is 0 Å². The number of hydrogen-bond donors (Lipinski definition) is 0. The Balaban J connectivity index is 1.23. The molecule has 2 unspecified atom stereocenters. The molecule has 1 aromatic rings. The summed E-state index contributed by atoms with van der Waals surface area (Å²) < 4.78 is 0. The van der Waals surface area contributed by atoms with E-state index in [0.717, 1.165) is 6.42 Å². The fourth-order valence-corrected chi connectivity index (χ4v) is 4.73. The molecule has 0 N–H and O–H groups in total. The lowest BCUT2D eigenvalue weighted by Crippen LogP contribution is -2.53. The Bertz CT molecular complexity index is 663. The average molecular weight is 370 g/mol. The van der Waals surface area contributed by atoms with Crippen LogP contribution in [0.3, 0.4) is 0 Å². The van der Waals surface area contributed by atoms with Gasteiger partial charge >= 0.3 is 0 Å². The van der Waals surface area contributed by atoms with Gasteiger partial charge in [0.15, 0.2) is 0 Å². The highest BCUT2D eigenvalue weighted by Gasteiger charge is 2.46. The predicted molar refractivity (Wildman–Crippen MR) is 105 cm³/mol. The van der Waals surface area contributed by atoms with Crippen molar-refractivity contribution in [1.29, 1.82) is 0 Å². The lowest BCUT2D eigenvalue weighted by molar-refractivity contribution is -0.141. The Morgan fingerprint density at radius 2 is 1.63 bits per heavy atom. The second-order valence-electron chi connectivity index (χ2n) is 8.42. The van der Waals surface area contributed by atoms with Gasteiger partial charge in [-0.15, -0.1) is 0 Å². The Labute approximate surface area is 162 Å². The number of likely N-dealkylation sites (N-methyl/N-ethyl adjacent to an activating group) is 1. The molecule has 0 radical (unpaired) electrons. The lowest BCUT2D eigenvalue weighted by atomic mass is 10.1. The molecular weight excluding hydrogens is 338 g/mol. The molecule has 27 heavy (non-hydrogen) atoms. The highest BCUT2D eigenvalue weighted by Crippen LogP contribution is 2.48. The Morgan fingerprint density at radius 3 is 2.30 bits per heavy atom. The van der Waals surface area contributed by atoms with Gasteiger partial charge in [0.25, 0.3) is 0 Å². The first kappa shape index (κ1) is 18.5. The van der Waals surface area contributed by atoms with Gasteiger partial charge in [-0.05, 0) is 37.8 Å². The summed E-state index contributed by atoms with van der Waals surface area (Å²) in [6, 6.07) is 10.9. The van der Waals surface area contributed by atoms with Crippen molar-refractivity contribution in [2.24, 2.45) is 5.92 Å². The minimum Gasteiger partial charge on any atom is -0.339 e. The molecule has 1 aromatic carbocycles. The molecule has 5 heteroatoms. The maximum atomic E-state index is 12.8. The van der Waals surface area contributed by atoms with Crippen molar-refractivity contribution < 1.29 is 9.59 Å². The third kappa shape index (κ3) is 4.18. The Kier molecular flexibility index (Phi) is 5.48. The largest absolute Gasteiger partial charge is 0.339 e. The molecule has 5 nitrogen and oxygen atoms in total. The quantitative estimate of drug-likeness (QED) is 0.800. The molecule has 0 spiro atoms. The Morgan fingerprint density at radius 1 is 1.00 bits per heavy atom. The first-order chi connectivity index (χ1) is 13.1. The summed E-state index contributed by atoms with van der Waals surface area (Å²) in [6.45, 7) is 3.21. The molecular formula is C22H31N3O2. The van der Waals surface area contributed by atoms with Gasteiger partial charge in [-0.1, -0.05) is 43.2 Å². The van der Waals surface area contributed by atoms with Crippen LogP contribution in [0.2, 0.25) is 0 Å². The summed E-state index contributed by atoms with van der Waals surface area (Å²) >= 11 is 0.